The van der Waals surface area contributed by atoms with Gasteiger partial charge in [-0.3, -0.25) is 14.4 Å². The molecule has 1 amide bonds. The zero-order valence-electron chi connectivity index (χ0n) is 15.9. The van der Waals surface area contributed by atoms with Crippen LogP contribution in [0, 0.1) is 11.3 Å². The fraction of sp³-hybridized carbons (Fsp3) is 0.250. The lowest BCUT2D eigenvalue weighted by atomic mass is 10.2. The number of hydrogen-bond donors (Lipinski definition) is 1. The summed E-state index contributed by atoms with van der Waals surface area (Å²) in [6, 6.07) is 16.3. The molecule has 2 rings (SSSR count). The molecule has 2 aromatic rings. The third-order valence-corrected chi connectivity index (χ3v) is 5.26. The molecule has 0 bridgehead atoms. The number of sulfonamides is 1. The summed E-state index contributed by atoms with van der Waals surface area (Å²) < 4.78 is 31.2. The molecule has 2 aromatic carbocycles. The maximum Gasteiger partial charge on any atom is 0.338 e. The fourth-order valence-corrected chi connectivity index (χ4v) is 3.63. The van der Waals surface area contributed by atoms with Gasteiger partial charge in [0.2, 0.25) is 10.0 Å². The monoisotopic (exact) mass is 415 g/mol. The molecule has 0 unspecified atom stereocenters. The Balaban J connectivity index is 2.04. The van der Waals surface area contributed by atoms with Crippen LogP contribution in [0.5, 0.6) is 0 Å². The summed E-state index contributed by atoms with van der Waals surface area (Å²) in [6.07, 6.45) is 0.458. The standard InChI is InChI=1S/C20H21N3O5S/c1-2-13-29(26,27)22-17-8-6-7-16(14-17)20(25)28-15-19(24)23(12-11-21)18-9-4-3-5-10-18/h3-10,14,22H,2,12-13,15H2,1H3. The number of carbonyl (C=O) groups excluding carboxylic acids is 2. The first-order valence-corrected chi connectivity index (χ1v) is 10.5. The van der Waals surface area contributed by atoms with E-state index in [-0.39, 0.29) is 23.5 Å². The van der Waals surface area contributed by atoms with Crippen LogP contribution < -0.4 is 9.62 Å². The Bertz CT molecular complexity index is 1000. The summed E-state index contributed by atoms with van der Waals surface area (Å²) in [5.74, 6) is -1.37. The number of hydrogen-bond acceptors (Lipinski definition) is 6. The van der Waals surface area contributed by atoms with E-state index in [9.17, 15) is 18.0 Å². The second-order valence-corrected chi connectivity index (χ2v) is 7.89. The number of ether oxygens (including phenoxy) is 1. The number of carbonyl (C=O) groups is 2. The van der Waals surface area contributed by atoms with Gasteiger partial charge in [-0.15, -0.1) is 0 Å². The first-order valence-electron chi connectivity index (χ1n) is 8.86. The smallest absolute Gasteiger partial charge is 0.338 e. The van der Waals surface area contributed by atoms with Crippen molar-refractivity contribution in [2.24, 2.45) is 0 Å². The number of nitrogens with zero attached hydrogens (tertiary/aromatic N) is 2. The van der Waals surface area contributed by atoms with Gasteiger partial charge in [0, 0.05) is 11.4 Å². The maximum atomic E-state index is 12.4. The van der Waals surface area contributed by atoms with Gasteiger partial charge in [0.15, 0.2) is 6.61 Å². The normalized spacial score (nSPS) is 10.6. The number of esters is 1. The number of benzene rings is 2. The zero-order valence-corrected chi connectivity index (χ0v) is 16.7. The number of para-hydroxylation sites is 1. The molecular weight excluding hydrogens is 394 g/mol. The molecule has 0 saturated carbocycles. The van der Waals surface area contributed by atoms with E-state index in [2.05, 4.69) is 4.72 Å². The van der Waals surface area contributed by atoms with Crippen molar-refractivity contribution in [2.75, 3.05) is 28.5 Å². The van der Waals surface area contributed by atoms with Crippen LogP contribution in [0.1, 0.15) is 23.7 Å². The lowest BCUT2D eigenvalue weighted by Gasteiger charge is -2.19. The van der Waals surface area contributed by atoms with Crippen LogP contribution in [0.25, 0.3) is 0 Å². The number of rotatable bonds is 9. The molecule has 0 aliphatic carbocycles. The van der Waals surface area contributed by atoms with Crippen LogP contribution >= 0.6 is 0 Å². The lowest BCUT2D eigenvalue weighted by Crippen LogP contribution is -2.35. The average Bonchev–Trinajstić information content (AvgIpc) is 2.70. The molecule has 1 N–H and O–H groups in total. The predicted molar refractivity (Wildman–Crippen MR) is 109 cm³/mol. The zero-order chi connectivity index (χ0) is 21.3. The van der Waals surface area contributed by atoms with Crippen LogP contribution in [-0.4, -0.2) is 39.2 Å². The summed E-state index contributed by atoms with van der Waals surface area (Å²) in [7, 11) is -3.49. The Morgan fingerprint density at radius 2 is 1.86 bits per heavy atom. The van der Waals surface area contributed by atoms with E-state index in [1.807, 2.05) is 6.07 Å². The SMILES string of the molecule is CCCS(=O)(=O)Nc1cccc(C(=O)OCC(=O)N(CC#N)c2ccccc2)c1. The fourth-order valence-electron chi connectivity index (χ4n) is 2.50. The number of nitrogens with one attached hydrogen (secondary N) is 1. The summed E-state index contributed by atoms with van der Waals surface area (Å²) in [4.78, 5) is 25.9. The summed E-state index contributed by atoms with van der Waals surface area (Å²) in [5.41, 5.74) is 0.845. The molecule has 9 heteroatoms. The molecule has 0 aromatic heterocycles. The predicted octanol–water partition coefficient (Wildman–Crippen LogP) is 2.55. The maximum absolute atomic E-state index is 12.4. The van der Waals surface area contributed by atoms with Gasteiger partial charge in [-0.25, -0.2) is 13.2 Å². The second kappa shape index (κ2) is 10.2. The Morgan fingerprint density at radius 3 is 2.52 bits per heavy atom. The highest BCUT2D eigenvalue weighted by Gasteiger charge is 2.18. The summed E-state index contributed by atoms with van der Waals surface area (Å²) in [6.45, 7) is 1.01. The molecule has 29 heavy (non-hydrogen) atoms. The van der Waals surface area contributed by atoms with Crippen LogP contribution in [-0.2, 0) is 19.6 Å². The van der Waals surface area contributed by atoms with Gasteiger partial charge in [0.25, 0.3) is 5.91 Å². The quantitative estimate of drug-likeness (QED) is 0.497. The Hall–Kier alpha value is -3.38. The van der Waals surface area contributed by atoms with E-state index < -0.39 is 28.5 Å². The molecule has 0 saturated heterocycles. The van der Waals surface area contributed by atoms with Crippen LogP contribution in [0.3, 0.4) is 0 Å². The van der Waals surface area contributed by atoms with E-state index >= 15 is 0 Å². The van der Waals surface area contributed by atoms with Crippen molar-refractivity contribution in [2.45, 2.75) is 13.3 Å². The van der Waals surface area contributed by atoms with Gasteiger partial charge in [0.05, 0.1) is 17.4 Å². The van der Waals surface area contributed by atoms with Crippen molar-refractivity contribution in [3.63, 3.8) is 0 Å². The van der Waals surface area contributed by atoms with E-state index in [4.69, 9.17) is 10.00 Å². The molecule has 0 radical (unpaired) electrons. The Kier molecular flexibility index (Phi) is 7.74. The van der Waals surface area contributed by atoms with Gasteiger partial charge >= 0.3 is 5.97 Å². The third kappa shape index (κ3) is 6.62. The Morgan fingerprint density at radius 1 is 1.14 bits per heavy atom. The van der Waals surface area contributed by atoms with Crippen molar-refractivity contribution in [1.29, 1.82) is 5.26 Å². The van der Waals surface area contributed by atoms with Crippen LogP contribution in [0.15, 0.2) is 54.6 Å². The van der Waals surface area contributed by atoms with E-state index in [1.54, 1.807) is 37.3 Å². The highest BCUT2D eigenvalue weighted by molar-refractivity contribution is 7.92. The molecule has 0 spiro atoms. The van der Waals surface area contributed by atoms with E-state index in [0.29, 0.717) is 12.1 Å². The van der Waals surface area contributed by atoms with Gasteiger partial charge in [-0.05, 0) is 36.8 Å². The van der Waals surface area contributed by atoms with Crippen molar-refractivity contribution >= 4 is 33.3 Å². The topological polar surface area (TPSA) is 117 Å². The highest BCUT2D eigenvalue weighted by atomic mass is 32.2. The number of anilines is 2. The minimum atomic E-state index is -3.49. The van der Waals surface area contributed by atoms with Crippen molar-refractivity contribution < 1.29 is 22.7 Å². The largest absolute Gasteiger partial charge is 0.452 e. The van der Waals surface area contributed by atoms with Crippen LogP contribution in [0.4, 0.5) is 11.4 Å². The Labute approximate surface area is 169 Å². The molecular formula is C20H21N3O5S. The highest BCUT2D eigenvalue weighted by Crippen LogP contribution is 2.15. The second-order valence-electron chi connectivity index (χ2n) is 6.05. The third-order valence-electron chi connectivity index (χ3n) is 3.77. The van der Waals surface area contributed by atoms with Gasteiger partial charge in [0.1, 0.15) is 6.54 Å². The van der Waals surface area contributed by atoms with Crippen molar-refractivity contribution in [3.8, 4) is 6.07 Å². The average molecular weight is 415 g/mol. The van der Waals surface area contributed by atoms with Gasteiger partial charge in [-0.2, -0.15) is 5.26 Å². The molecule has 8 nitrogen and oxygen atoms in total. The number of nitriles is 1. The molecule has 0 fully saturated rings. The first kappa shape index (κ1) is 21.9. The number of amides is 1. The minimum absolute atomic E-state index is 0.0373. The van der Waals surface area contributed by atoms with Gasteiger partial charge < -0.3 is 4.74 Å². The molecule has 0 heterocycles. The van der Waals surface area contributed by atoms with Crippen molar-refractivity contribution in [1.82, 2.24) is 0 Å². The summed E-state index contributed by atoms with van der Waals surface area (Å²) >= 11 is 0. The minimum Gasteiger partial charge on any atom is -0.452 e. The van der Waals surface area contributed by atoms with Gasteiger partial charge in [-0.1, -0.05) is 31.2 Å². The molecule has 0 aliphatic rings. The van der Waals surface area contributed by atoms with Crippen LogP contribution in [0.2, 0.25) is 0 Å². The molecule has 0 atom stereocenters. The van der Waals surface area contributed by atoms with E-state index in [0.717, 1.165) is 0 Å². The lowest BCUT2D eigenvalue weighted by molar-refractivity contribution is -0.121. The van der Waals surface area contributed by atoms with Crippen molar-refractivity contribution in [3.05, 3.63) is 60.2 Å². The summed E-state index contributed by atoms with van der Waals surface area (Å²) in [5, 5.41) is 8.96. The first-order chi connectivity index (χ1) is 13.9. The molecule has 152 valence electrons. The van der Waals surface area contributed by atoms with E-state index in [1.165, 1.54) is 29.2 Å². The molecule has 0 aliphatic heterocycles.